The van der Waals surface area contributed by atoms with Gasteiger partial charge >= 0.3 is 0 Å². The van der Waals surface area contributed by atoms with Crippen LogP contribution in [0.15, 0.2) is 30.5 Å². The third-order valence-electron chi connectivity index (χ3n) is 2.17. The molecular weight excluding hydrogens is 178 g/mol. The highest BCUT2D eigenvalue weighted by molar-refractivity contribution is 5.85. The zero-order chi connectivity index (χ0) is 9.97. The predicted octanol–water partition coefficient (Wildman–Crippen LogP) is 2.54. The smallest absolute Gasteiger partial charge is 0.196 e. The van der Waals surface area contributed by atoms with Crippen molar-refractivity contribution in [3.63, 3.8) is 0 Å². The van der Waals surface area contributed by atoms with Gasteiger partial charge in [0.1, 0.15) is 5.75 Å². The maximum atomic E-state index is 5.58. The molecule has 74 valence electrons. The molecule has 1 atom stereocenters. The van der Waals surface area contributed by atoms with Crippen LogP contribution < -0.4 is 4.74 Å². The molecule has 0 radical (unpaired) electrons. The van der Waals surface area contributed by atoms with Gasteiger partial charge in [-0.05, 0) is 19.1 Å². The number of H-pyrrole nitrogens is 1. The van der Waals surface area contributed by atoms with Crippen molar-refractivity contribution in [2.45, 2.75) is 13.2 Å². The number of aromatic amines is 1. The monoisotopic (exact) mass is 191 g/mol. The molecule has 2 aromatic rings. The number of benzene rings is 1. The van der Waals surface area contributed by atoms with Crippen LogP contribution in [0.25, 0.3) is 10.9 Å². The molecule has 3 heteroatoms. The molecule has 0 amide bonds. The molecule has 0 bridgehead atoms. The molecule has 1 aromatic heterocycles. The summed E-state index contributed by atoms with van der Waals surface area (Å²) in [5, 5.41) is 1.14. The van der Waals surface area contributed by atoms with E-state index in [2.05, 4.69) is 4.98 Å². The van der Waals surface area contributed by atoms with Crippen molar-refractivity contribution in [3.8, 4) is 5.75 Å². The Hall–Kier alpha value is -1.48. The van der Waals surface area contributed by atoms with Crippen molar-refractivity contribution >= 4 is 10.9 Å². The van der Waals surface area contributed by atoms with E-state index in [1.165, 1.54) is 0 Å². The minimum atomic E-state index is -0.233. The molecule has 1 unspecified atom stereocenters. The number of hydrogen-bond acceptors (Lipinski definition) is 2. The van der Waals surface area contributed by atoms with Gasteiger partial charge in [0.25, 0.3) is 0 Å². The maximum absolute atomic E-state index is 5.58. The Labute approximate surface area is 82.6 Å². The fourth-order valence-corrected chi connectivity index (χ4v) is 1.38. The van der Waals surface area contributed by atoms with E-state index in [4.69, 9.17) is 9.47 Å². The van der Waals surface area contributed by atoms with Crippen LogP contribution in [0.2, 0.25) is 0 Å². The average Bonchev–Trinajstić information content (AvgIpc) is 2.66. The Morgan fingerprint density at radius 2 is 2.14 bits per heavy atom. The number of methoxy groups -OCH3 is 1. The lowest BCUT2D eigenvalue weighted by Crippen LogP contribution is -2.13. The Morgan fingerprint density at radius 1 is 1.29 bits per heavy atom. The van der Waals surface area contributed by atoms with Gasteiger partial charge in [0.05, 0.1) is 5.52 Å². The second kappa shape index (κ2) is 3.72. The number of para-hydroxylation sites is 1. The lowest BCUT2D eigenvalue weighted by Gasteiger charge is -2.12. The van der Waals surface area contributed by atoms with Gasteiger partial charge in [0, 0.05) is 18.7 Å². The van der Waals surface area contributed by atoms with E-state index in [1.54, 1.807) is 7.11 Å². The van der Waals surface area contributed by atoms with Gasteiger partial charge < -0.3 is 14.5 Å². The first-order valence-electron chi connectivity index (χ1n) is 4.57. The first kappa shape index (κ1) is 9.09. The number of rotatable bonds is 3. The molecule has 0 fully saturated rings. The summed E-state index contributed by atoms with van der Waals surface area (Å²) in [6.07, 6.45) is 1.67. The molecule has 14 heavy (non-hydrogen) atoms. The van der Waals surface area contributed by atoms with Crippen LogP contribution in [-0.4, -0.2) is 18.4 Å². The maximum Gasteiger partial charge on any atom is 0.196 e. The predicted molar refractivity (Wildman–Crippen MR) is 55.4 cm³/mol. The van der Waals surface area contributed by atoms with Crippen molar-refractivity contribution in [1.82, 2.24) is 4.98 Å². The lowest BCUT2D eigenvalue weighted by molar-refractivity contribution is -0.0374. The molecule has 0 aliphatic heterocycles. The fraction of sp³-hybridized carbons (Fsp3) is 0.273. The Bertz CT molecular complexity index is 422. The average molecular weight is 191 g/mol. The van der Waals surface area contributed by atoms with Crippen LogP contribution in [0.5, 0.6) is 5.75 Å². The summed E-state index contributed by atoms with van der Waals surface area (Å²) in [7, 11) is 1.62. The SMILES string of the molecule is COC(C)Oc1cccc2cc[nH]c12. The summed E-state index contributed by atoms with van der Waals surface area (Å²) >= 11 is 0. The Morgan fingerprint density at radius 3 is 2.93 bits per heavy atom. The molecule has 0 saturated carbocycles. The van der Waals surface area contributed by atoms with Crippen molar-refractivity contribution in [2.24, 2.45) is 0 Å². The fourth-order valence-electron chi connectivity index (χ4n) is 1.38. The normalized spacial score (nSPS) is 13.0. The van der Waals surface area contributed by atoms with E-state index in [0.717, 1.165) is 16.7 Å². The van der Waals surface area contributed by atoms with E-state index in [0.29, 0.717) is 0 Å². The number of nitrogens with one attached hydrogen (secondary N) is 1. The van der Waals surface area contributed by atoms with Crippen LogP contribution in [-0.2, 0) is 4.74 Å². The van der Waals surface area contributed by atoms with Crippen molar-refractivity contribution < 1.29 is 9.47 Å². The van der Waals surface area contributed by atoms with E-state index in [-0.39, 0.29) is 6.29 Å². The van der Waals surface area contributed by atoms with E-state index in [1.807, 2.05) is 37.4 Å². The van der Waals surface area contributed by atoms with Gasteiger partial charge in [-0.3, -0.25) is 0 Å². The largest absolute Gasteiger partial charge is 0.463 e. The van der Waals surface area contributed by atoms with Gasteiger partial charge in [0.15, 0.2) is 6.29 Å². The Kier molecular flexibility index (Phi) is 2.41. The molecule has 2 rings (SSSR count). The van der Waals surface area contributed by atoms with Gasteiger partial charge in [-0.1, -0.05) is 12.1 Å². The highest BCUT2D eigenvalue weighted by atomic mass is 16.7. The highest BCUT2D eigenvalue weighted by Gasteiger charge is 2.05. The summed E-state index contributed by atoms with van der Waals surface area (Å²) in [5.74, 6) is 0.821. The minimum Gasteiger partial charge on any atom is -0.463 e. The van der Waals surface area contributed by atoms with Crippen LogP contribution in [0, 0.1) is 0 Å². The summed E-state index contributed by atoms with van der Waals surface area (Å²) in [6, 6.07) is 7.94. The molecule has 1 aromatic carbocycles. The standard InChI is InChI=1S/C11H13NO2/c1-8(13-2)14-10-5-3-4-9-6-7-12-11(9)10/h3-8,12H,1-2H3. The van der Waals surface area contributed by atoms with Gasteiger partial charge in [-0.25, -0.2) is 0 Å². The van der Waals surface area contributed by atoms with Crippen molar-refractivity contribution in [1.29, 1.82) is 0 Å². The zero-order valence-corrected chi connectivity index (χ0v) is 8.28. The summed E-state index contributed by atoms with van der Waals surface area (Å²) in [4.78, 5) is 3.14. The molecule has 1 N–H and O–H groups in total. The first-order valence-corrected chi connectivity index (χ1v) is 4.57. The number of aromatic nitrogens is 1. The molecule has 0 saturated heterocycles. The van der Waals surface area contributed by atoms with Gasteiger partial charge in [-0.15, -0.1) is 0 Å². The first-order chi connectivity index (χ1) is 6.81. The molecule has 0 spiro atoms. The molecule has 3 nitrogen and oxygen atoms in total. The van der Waals surface area contributed by atoms with Gasteiger partial charge in [0.2, 0.25) is 0 Å². The Balaban J connectivity index is 2.36. The van der Waals surface area contributed by atoms with E-state index < -0.39 is 0 Å². The molecular formula is C11H13NO2. The lowest BCUT2D eigenvalue weighted by atomic mass is 10.2. The third kappa shape index (κ3) is 1.59. The number of hydrogen-bond donors (Lipinski definition) is 1. The van der Waals surface area contributed by atoms with Crippen molar-refractivity contribution in [2.75, 3.05) is 7.11 Å². The van der Waals surface area contributed by atoms with Gasteiger partial charge in [-0.2, -0.15) is 0 Å². The third-order valence-corrected chi connectivity index (χ3v) is 2.17. The zero-order valence-electron chi connectivity index (χ0n) is 8.28. The number of fused-ring (bicyclic) bond motifs is 1. The topological polar surface area (TPSA) is 34.2 Å². The van der Waals surface area contributed by atoms with Crippen LogP contribution in [0.1, 0.15) is 6.92 Å². The molecule has 0 aliphatic carbocycles. The van der Waals surface area contributed by atoms with E-state index >= 15 is 0 Å². The van der Waals surface area contributed by atoms with Crippen LogP contribution in [0.3, 0.4) is 0 Å². The van der Waals surface area contributed by atoms with Crippen LogP contribution >= 0.6 is 0 Å². The highest BCUT2D eigenvalue weighted by Crippen LogP contribution is 2.24. The summed E-state index contributed by atoms with van der Waals surface area (Å²) in [5.41, 5.74) is 1.01. The molecule has 1 heterocycles. The minimum absolute atomic E-state index is 0.233. The second-order valence-corrected chi connectivity index (χ2v) is 3.12. The second-order valence-electron chi connectivity index (χ2n) is 3.12. The summed E-state index contributed by atoms with van der Waals surface area (Å²) < 4.78 is 10.6. The van der Waals surface area contributed by atoms with Crippen LogP contribution in [0.4, 0.5) is 0 Å². The summed E-state index contributed by atoms with van der Waals surface area (Å²) in [6.45, 7) is 1.86. The van der Waals surface area contributed by atoms with E-state index in [9.17, 15) is 0 Å². The number of ether oxygens (including phenoxy) is 2. The quantitative estimate of drug-likeness (QED) is 0.756. The molecule has 0 aliphatic rings. The van der Waals surface area contributed by atoms with Crippen molar-refractivity contribution in [3.05, 3.63) is 30.5 Å².